The summed E-state index contributed by atoms with van der Waals surface area (Å²) in [5, 5.41) is 0. The average Bonchev–Trinajstić information content (AvgIpc) is 2.76. The highest BCUT2D eigenvalue weighted by Gasteiger charge is 2.14. The van der Waals surface area contributed by atoms with Crippen molar-refractivity contribution in [3.63, 3.8) is 0 Å². The van der Waals surface area contributed by atoms with E-state index in [0.29, 0.717) is 5.76 Å². The molecule has 0 amide bonds. The van der Waals surface area contributed by atoms with E-state index in [1.54, 1.807) is 6.26 Å². The fourth-order valence-corrected chi connectivity index (χ4v) is 1.76. The lowest BCUT2D eigenvalue weighted by atomic mass is 10.2. The predicted molar refractivity (Wildman–Crippen MR) is 48.6 cm³/mol. The summed E-state index contributed by atoms with van der Waals surface area (Å²) < 4.78 is 5.03. The molecule has 0 aliphatic carbocycles. The van der Waals surface area contributed by atoms with Gasteiger partial charge in [0.2, 0.25) is 0 Å². The van der Waals surface area contributed by atoms with Crippen LogP contribution < -0.4 is 0 Å². The third kappa shape index (κ3) is 1.80. The van der Waals surface area contributed by atoms with Crippen molar-refractivity contribution in [1.82, 2.24) is 4.90 Å². The molecule has 1 saturated heterocycles. The number of nitrogens with zero attached hydrogens (tertiary/aromatic N) is 1. The lowest BCUT2D eigenvalue weighted by Crippen LogP contribution is -2.18. The van der Waals surface area contributed by atoms with Crippen LogP contribution in [0.15, 0.2) is 16.7 Å². The van der Waals surface area contributed by atoms with E-state index in [-0.39, 0.29) is 0 Å². The van der Waals surface area contributed by atoms with Gasteiger partial charge in [0.15, 0.2) is 12.0 Å². The van der Waals surface area contributed by atoms with Gasteiger partial charge in [0.25, 0.3) is 0 Å². The lowest BCUT2D eigenvalue weighted by molar-refractivity contribution is 0.109. The van der Waals surface area contributed by atoms with Gasteiger partial charge in [-0.05, 0) is 32.0 Å². The molecule has 0 atom stereocenters. The number of hydrogen-bond acceptors (Lipinski definition) is 3. The van der Waals surface area contributed by atoms with Crippen molar-refractivity contribution >= 4 is 6.29 Å². The zero-order valence-electron chi connectivity index (χ0n) is 7.53. The second-order valence-corrected chi connectivity index (χ2v) is 3.41. The van der Waals surface area contributed by atoms with E-state index in [4.69, 9.17) is 4.42 Å². The topological polar surface area (TPSA) is 33.5 Å². The van der Waals surface area contributed by atoms with Gasteiger partial charge in [0, 0.05) is 12.1 Å². The van der Waals surface area contributed by atoms with Crippen LogP contribution in [0.2, 0.25) is 0 Å². The molecule has 1 aliphatic rings. The highest BCUT2D eigenvalue weighted by molar-refractivity contribution is 5.72. The summed E-state index contributed by atoms with van der Waals surface area (Å²) in [6.45, 7) is 3.14. The number of hydrogen-bond donors (Lipinski definition) is 0. The van der Waals surface area contributed by atoms with Crippen LogP contribution >= 0.6 is 0 Å². The molecule has 0 N–H and O–H groups in total. The first-order chi connectivity index (χ1) is 6.40. The molecule has 0 spiro atoms. The Balaban J connectivity index is 2.03. The monoisotopic (exact) mass is 179 g/mol. The first-order valence-corrected chi connectivity index (χ1v) is 4.64. The Labute approximate surface area is 77.3 Å². The Morgan fingerprint density at radius 2 is 2.23 bits per heavy atom. The van der Waals surface area contributed by atoms with Gasteiger partial charge < -0.3 is 4.42 Å². The number of furan rings is 1. The molecule has 0 bridgehead atoms. The van der Waals surface area contributed by atoms with E-state index in [9.17, 15) is 4.79 Å². The first-order valence-electron chi connectivity index (χ1n) is 4.64. The molecule has 1 fully saturated rings. The van der Waals surface area contributed by atoms with E-state index in [0.717, 1.165) is 31.5 Å². The smallest absolute Gasteiger partial charge is 0.185 e. The molecular weight excluding hydrogens is 166 g/mol. The molecule has 0 radical (unpaired) electrons. The first kappa shape index (κ1) is 8.51. The van der Waals surface area contributed by atoms with Gasteiger partial charge in [0.1, 0.15) is 0 Å². The molecule has 0 saturated carbocycles. The number of rotatable bonds is 3. The van der Waals surface area contributed by atoms with Crippen LogP contribution in [0.1, 0.15) is 29.0 Å². The van der Waals surface area contributed by atoms with E-state index >= 15 is 0 Å². The minimum absolute atomic E-state index is 0.479. The highest BCUT2D eigenvalue weighted by Crippen LogP contribution is 2.15. The quantitative estimate of drug-likeness (QED) is 0.662. The number of carbonyl (C=O) groups is 1. The van der Waals surface area contributed by atoms with Crippen LogP contribution in [-0.2, 0) is 6.54 Å². The van der Waals surface area contributed by atoms with Gasteiger partial charge in [-0.25, -0.2) is 0 Å². The third-order valence-electron chi connectivity index (χ3n) is 2.48. The van der Waals surface area contributed by atoms with Gasteiger partial charge >= 0.3 is 0 Å². The van der Waals surface area contributed by atoms with E-state index in [2.05, 4.69) is 4.90 Å². The van der Waals surface area contributed by atoms with Crippen LogP contribution in [0.25, 0.3) is 0 Å². The maximum atomic E-state index is 10.5. The average molecular weight is 179 g/mol. The maximum Gasteiger partial charge on any atom is 0.185 e. The van der Waals surface area contributed by atoms with Gasteiger partial charge in [-0.2, -0.15) is 0 Å². The van der Waals surface area contributed by atoms with Crippen molar-refractivity contribution in [3.8, 4) is 0 Å². The van der Waals surface area contributed by atoms with Crippen LogP contribution in [0.4, 0.5) is 0 Å². The Morgan fingerprint density at radius 3 is 2.92 bits per heavy atom. The van der Waals surface area contributed by atoms with E-state index in [1.165, 1.54) is 12.8 Å². The Bertz CT molecular complexity index is 287. The van der Waals surface area contributed by atoms with Crippen LogP contribution in [-0.4, -0.2) is 24.3 Å². The Kier molecular flexibility index (Phi) is 2.45. The summed E-state index contributed by atoms with van der Waals surface area (Å²) in [6.07, 6.45) is 4.91. The Hall–Kier alpha value is -1.09. The standard InChI is InChI=1S/C10H13NO2/c12-8-10-9(3-6-13-10)7-11-4-1-2-5-11/h3,6,8H,1-2,4-5,7H2. The fourth-order valence-electron chi connectivity index (χ4n) is 1.76. The van der Waals surface area contributed by atoms with E-state index < -0.39 is 0 Å². The number of likely N-dealkylation sites (tertiary alicyclic amines) is 1. The zero-order chi connectivity index (χ0) is 9.10. The summed E-state index contributed by atoms with van der Waals surface area (Å²) in [5.74, 6) is 0.479. The minimum Gasteiger partial charge on any atom is -0.461 e. The summed E-state index contributed by atoms with van der Waals surface area (Å²) in [6, 6.07) is 1.88. The second kappa shape index (κ2) is 3.75. The third-order valence-corrected chi connectivity index (χ3v) is 2.48. The minimum atomic E-state index is 0.479. The summed E-state index contributed by atoms with van der Waals surface area (Å²) in [4.78, 5) is 12.9. The van der Waals surface area contributed by atoms with Crippen molar-refractivity contribution in [2.45, 2.75) is 19.4 Å². The van der Waals surface area contributed by atoms with Crippen molar-refractivity contribution in [2.75, 3.05) is 13.1 Å². The Morgan fingerprint density at radius 1 is 1.46 bits per heavy atom. The highest BCUT2D eigenvalue weighted by atomic mass is 16.3. The van der Waals surface area contributed by atoms with Crippen LogP contribution in [0, 0.1) is 0 Å². The largest absolute Gasteiger partial charge is 0.461 e. The van der Waals surface area contributed by atoms with Crippen LogP contribution in [0.3, 0.4) is 0 Å². The van der Waals surface area contributed by atoms with Gasteiger partial charge in [-0.1, -0.05) is 0 Å². The van der Waals surface area contributed by atoms with Crippen molar-refractivity contribution < 1.29 is 9.21 Å². The van der Waals surface area contributed by atoms with Crippen molar-refractivity contribution in [2.24, 2.45) is 0 Å². The summed E-state index contributed by atoms with van der Waals surface area (Å²) in [5.41, 5.74) is 1.01. The van der Waals surface area contributed by atoms with Gasteiger partial charge in [-0.15, -0.1) is 0 Å². The SMILES string of the molecule is O=Cc1occc1CN1CCCC1. The molecule has 1 aromatic heterocycles. The molecule has 13 heavy (non-hydrogen) atoms. The van der Waals surface area contributed by atoms with Gasteiger partial charge in [-0.3, -0.25) is 9.69 Å². The molecule has 3 nitrogen and oxygen atoms in total. The summed E-state index contributed by atoms with van der Waals surface area (Å²) in [7, 11) is 0. The predicted octanol–water partition coefficient (Wildman–Crippen LogP) is 1.69. The van der Waals surface area contributed by atoms with E-state index in [1.807, 2.05) is 6.07 Å². The molecule has 2 heterocycles. The van der Waals surface area contributed by atoms with Gasteiger partial charge in [0.05, 0.1) is 6.26 Å². The molecule has 0 unspecified atom stereocenters. The van der Waals surface area contributed by atoms with Crippen molar-refractivity contribution in [3.05, 3.63) is 23.7 Å². The molecule has 0 aromatic carbocycles. The number of carbonyl (C=O) groups excluding carboxylic acids is 1. The molecule has 1 aliphatic heterocycles. The molecule has 1 aromatic rings. The maximum absolute atomic E-state index is 10.5. The lowest BCUT2D eigenvalue weighted by Gasteiger charge is -2.12. The second-order valence-electron chi connectivity index (χ2n) is 3.41. The summed E-state index contributed by atoms with van der Waals surface area (Å²) >= 11 is 0. The number of aldehydes is 1. The van der Waals surface area contributed by atoms with Crippen LogP contribution in [0.5, 0.6) is 0 Å². The molecule has 2 rings (SSSR count). The fraction of sp³-hybridized carbons (Fsp3) is 0.500. The zero-order valence-corrected chi connectivity index (χ0v) is 7.53. The normalized spacial score (nSPS) is 17.8. The van der Waals surface area contributed by atoms with Crippen molar-refractivity contribution in [1.29, 1.82) is 0 Å². The molecular formula is C10H13NO2. The molecule has 3 heteroatoms. The molecule has 70 valence electrons.